The van der Waals surface area contributed by atoms with Crippen molar-refractivity contribution in [1.82, 2.24) is 9.88 Å². The van der Waals surface area contributed by atoms with Crippen LogP contribution >= 0.6 is 0 Å². The van der Waals surface area contributed by atoms with Crippen LogP contribution < -0.4 is 11.1 Å². The maximum Gasteiger partial charge on any atom is 0.0481 e. The van der Waals surface area contributed by atoms with Gasteiger partial charge in [-0.3, -0.25) is 0 Å². The summed E-state index contributed by atoms with van der Waals surface area (Å²) < 4.78 is 2.36. The van der Waals surface area contributed by atoms with Crippen molar-refractivity contribution in [3.8, 4) is 0 Å². The van der Waals surface area contributed by atoms with Gasteiger partial charge in [-0.1, -0.05) is 0 Å². The first-order valence-corrected chi connectivity index (χ1v) is 6.88. The first-order chi connectivity index (χ1) is 8.83. The molecule has 0 atom stereocenters. The second kappa shape index (κ2) is 5.02. The largest absolute Gasteiger partial charge is 0.399 e. The molecule has 96 valence electrons. The zero-order valence-electron chi connectivity index (χ0n) is 10.7. The van der Waals surface area contributed by atoms with E-state index in [-0.39, 0.29) is 0 Å². The maximum absolute atomic E-state index is 5.81. The van der Waals surface area contributed by atoms with Crippen molar-refractivity contribution in [2.24, 2.45) is 5.92 Å². The van der Waals surface area contributed by atoms with E-state index in [0.29, 0.717) is 0 Å². The molecule has 3 N–H and O–H groups in total. The molecule has 1 aliphatic heterocycles. The van der Waals surface area contributed by atoms with Crippen LogP contribution in [0.5, 0.6) is 0 Å². The maximum atomic E-state index is 5.81. The van der Waals surface area contributed by atoms with Crippen LogP contribution in [0.15, 0.2) is 30.5 Å². The van der Waals surface area contributed by atoms with Gasteiger partial charge in [0.15, 0.2) is 0 Å². The molecule has 0 saturated carbocycles. The van der Waals surface area contributed by atoms with Crippen molar-refractivity contribution in [3.05, 3.63) is 30.5 Å². The third kappa shape index (κ3) is 2.36. The average molecular weight is 243 g/mol. The minimum Gasteiger partial charge on any atom is -0.399 e. The van der Waals surface area contributed by atoms with E-state index < -0.39 is 0 Å². The first kappa shape index (κ1) is 11.6. The summed E-state index contributed by atoms with van der Waals surface area (Å²) >= 11 is 0. The second-order valence-corrected chi connectivity index (χ2v) is 5.31. The third-order valence-corrected chi connectivity index (χ3v) is 4.03. The Hall–Kier alpha value is -1.48. The van der Waals surface area contributed by atoms with Crippen molar-refractivity contribution in [2.75, 3.05) is 18.8 Å². The fourth-order valence-corrected chi connectivity index (χ4v) is 2.91. The fourth-order valence-electron chi connectivity index (χ4n) is 2.91. The van der Waals surface area contributed by atoms with E-state index in [4.69, 9.17) is 5.73 Å². The summed E-state index contributed by atoms with van der Waals surface area (Å²) in [6.45, 7) is 3.50. The lowest BCUT2D eigenvalue weighted by Crippen LogP contribution is -2.28. The highest BCUT2D eigenvalue weighted by atomic mass is 15.0. The van der Waals surface area contributed by atoms with Crippen LogP contribution in [0.2, 0.25) is 0 Å². The molecule has 0 aliphatic carbocycles. The van der Waals surface area contributed by atoms with Gasteiger partial charge in [0.1, 0.15) is 0 Å². The molecule has 1 aromatic carbocycles. The number of rotatable bonds is 3. The molecule has 0 radical (unpaired) electrons. The van der Waals surface area contributed by atoms with Gasteiger partial charge < -0.3 is 15.6 Å². The lowest BCUT2D eigenvalue weighted by molar-refractivity contribution is 0.339. The molecular weight excluding hydrogens is 222 g/mol. The molecule has 1 fully saturated rings. The molecule has 0 bridgehead atoms. The van der Waals surface area contributed by atoms with Gasteiger partial charge in [0.25, 0.3) is 0 Å². The van der Waals surface area contributed by atoms with Crippen molar-refractivity contribution < 1.29 is 0 Å². The zero-order valence-corrected chi connectivity index (χ0v) is 10.7. The molecule has 3 nitrogen and oxygen atoms in total. The van der Waals surface area contributed by atoms with Crippen LogP contribution in [-0.4, -0.2) is 17.7 Å². The first-order valence-electron chi connectivity index (χ1n) is 6.88. The number of nitrogens with one attached hydrogen (secondary N) is 1. The molecule has 3 heteroatoms. The van der Waals surface area contributed by atoms with Crippen LogP contribution in [-0.2, 0) is 6.54 Å². The fraction of sp³-hybridized carbons (Fsp3) is 0.467. The number of nitrogens with two attached hydrogens (primary N) is 1. The van der Waals surface area contributed by atoms with Gasteiger partial charge in [-0.25, -0.2) is 0 Å². The summed E-state index contributed by atoms with van der Waals surface area (Å²) in [6.07, 6.45) is 6.12. The number of nitrogen functional groups attached to an aromatic ring is 1. The lowest BCUT2D eigenvalue weighted by atomic mass is 9.95. The number of aryl methyl sites for hydroxylation is 1. The van der Waals surface area contributed by atoms with Crippen LogP contribution in [0, 0.1) is 5.92 Å². The summed E-state index contributed by atoms with van der Waals surface area (Å²) in [5.74, 6) is 0.887. The number of hydrogen-bond acceptors (Lipinski definition) is 2. The van der Waals surface area contributed by atoms with Crippen LogP contribution in [0.3, 0.4) is 0 Å². The SMILES string of the molecule is Nc1ccc2c(ccn2CCC2CCNCC2)c1. The van der Waals surface area contributed by atoms with Gasteiger partial charge in [-0.2, -0.15) is 0 Å². The van der Waals surface area contributed by atoms with E-state index in [1.54, 1.807) is 0 Å². The van der Waals surface area contributed by atoms with Crippen molar-refractivity contribution in [1.29, 1.82) is 0 Å². The van der Waals surface area contributed by atoms with Gasteiger partial charge >= 0.3 is 0 Å². The summed E-state index contributed by atoms with van der Waals surface area (Å²) in [4.78, 5) is 0. The second-order valence-electron chi connectivity index (χ2n) is 5.31. The minimum atomic E-state index is 0.846. The standard InChI is InChI=1S/C15H21N3/c16-14-1-2-15-13(11-14)6-10-18(15)9-5-12-3-7-17-8-4-12/h1-2,6,10-12,17H,3-5,7-9,16H2. The van der Waals surface area contributed by atoms with Crippen molar-refractivity contribution >= 4 is 16.6 Å². The van der Waals surface area contributed by atoms with Gasteiger partial charge in [0, 0.05) is 29.3 Å². The van der Waals surface area contributed by atoms with Crippen LogP contribution in [0.25, 0.3) is 10.9 Å². The highest BCUT2D eigenvalue weighted by molar-refractivity contribution is 5.83. The predicted octanol–water partition coefficient (Wildman–Crippen LogP) is 2.61. The predicted molar refractivity (Wildman–Crippen MR) is 76.6 cm³/mol. The third-order valence-electron chi connectivity index (χ3n) is 4.03. The number of anilines is 1. The topological polar surface area (TPSA) is 43.0 Å². The molecule has 0 spiro atoms. The number of fused-ring (bicyclic) bond motifs is 1. The summed E-state index contributed by atoms with van der Waals surface area (Å²) in [7, 11) is 0. The molecular formula is C15H21N3. The molecule has 18 heavy (non-hydrogen) atoms. The molecule has 0 amide bonds. The van der Waals surface area contributed by atoms with E-state index >= 15 is 0 Å². The Kier molecular flexibility index (Phi) is 3.24. The van der Waals surface area contributed by atoms with Crippen molar-refractivity contribution in [2.45, 2.75) is 25.8 Å². The molecule has 1 saturated heterocycles. The van der Waals surface area contributed by atoms with Crippen LogP contribution in [0.1, 0.15) is 19.3 Å². The van der Waals surface area contributed by atoms with E-state index in [1.807, 2.05) is 6.07 Å². The Bertz CT molecular complexity index is 524. The van der Waals surface area contributed by atoms with Crippen molar-refractivity contribution in [3.63, 3.8) is 0 Å². The number of benzene rings is 1. The Morgan fingerprint density at radius 2 is 2.06 bits per heavy atom. The summed E-state index contributed by atoms with van der Waals surface area (Å²) in [5.41, 5.74) is 7.96. The summed E-state index contributed by atoms with van der Waals surface area (Å²) in [6, 6.07) is 8.33. The number of piperidine rings is 1. The van der Waals surface area contributed by atoms with Gasteiger partial charge in [0.05, 0.1) is 0 Å². The van der Waals surface area contributed by atoms with Gasteiger partial charge in [-0.05, 0) is 62.5 Å². The Morgan fingerprint density at radius 1 is 1.22 bits per heavy atom. The smallest absolute Gasteiger partial charge is 0.0481 e. The Morgan fingerprint density at radius 3 is 2.89 bits per heavy atom. The van der Waals surface area contributed by atoms with Crippen LogP contribution in [0.4, 0.5) is 5.69 Å². The molecule has 3 rings (SSSR count). The number of aromatic nitrogens is 1. The molecule has 1 aliphatic rings. The van der Waals surface area contributed by atoms with E-state index in [9.17, 15) is 0 Å². The van der Waals surface area contributed by atoms with E-state index in [0.717, 1.165) is 18.2 Å². The van der Waals surface area contributed by atoms with E-state index in [2.05, 4.69) is 34.3 Å². The molecule has 0 unspecified atom stereocenters. The van der Waals surface area contributed by atoms with Gasteiger partial charge in [0.2, 0.25) is 0 Å². The molecule has 2 heterocycles. The zero-order chi connectivity index (χ0) is 12.4. The number of nitrogens with zero attached hydrogens (tertiary/aromatic N) is 1. The Balaban J connectivity index is 1.70. The lowest BCUT2D eigenvalue weighted by Gasteiger charge is -2.22. The summed E-state index contributed by atoms with van der Waals surface area (Å²) in [5, 5.41) is 4.67. The average Bonchev–Trinajstić information content (AvgIpc) is 2.80. The highest BCUT2D eigenvalue weighted by Gasteiger charge is 2.13. The molecule has 1 aromatic heterocycles. The van der Waals surface area contributed by atoms with Gasteiger partial charge in [-0.15, -0.1) is 0 Å². The number of hydrogen-bond donors (Lipinski definition) is 2. The van der Waals surface area contributed by atoms with E-state index in [1.165, 1.54) is 43.3 Å². The molecule has 2 aromatic rings. The normalized spacial score (nSPS) is 17.3. The highest BCUT2D eigenvalue weighted by Crippen LogP contribution is 2.22. The monoisotopic (exact) mass is 243 g/mol. The minimum absolute atomic E-state index is 0.846. The quantitative estimate of drug-likeness (QED) is 0.814. The Labute approximate surface area is 108 Å².